The molecule has 2 aromatic rings. The van der Waals surface area contributed by atoms with Crippen molar-refractivity contribution < 1.29 is 23.8 Å². The number of carboxylic acid groups (broad SMARTS) is 1. The molecular formula is C17H16ClNO5. The lowest BCUT2D eigenvalue weighted by atomic mass is 10.2. The highest BCUT2D eigenvalue weighted by Gasteiger charge is 2.31. The Balaban J connectivity index is 1.64. The number of likely N-dealkylation sites (tertiary alicyclic amines) is 1. The van der Waals surface area contributed by atoms with Crippen molar-refractivity contribution >= 4 is 23.5 Å². The number of benzene rings is 1. The molecule has 0 radical (unpaired) electrons. The maximum Gasteiger partial charge on any atom is 0.338 e. The predicted octanol–water partition coefficient (Wildman–Crippen LogP) is 3.31. The summed E-state index contributed by atoms with van der Waals surface area (Å²) < 4.78 is 10.8. The lowest BCUT2D eigenvalue weighted by Crippen LogP contribution is -2.38. The summed E-state index contributed by atoms with van der Waals surface area (Å²) >= 11 is 5.84. The van der Waals surface area contributed by atoms with E-state index in [0.717, 1.165) is 19.1 Å². The van der Waals surface area contributed by atoms with Gasteiger partial charge in [-0.1, -0.05) is 11.6 Å². The second kappa shape index (κ2) is 6.97. The number of rotatable bonds is 5. The van der Waals surface area contributed by atoms with Crippen LogP contribution in [-0.4, -0.2) is 41.1 Å². The van der Waals surface area contributed by atoms with Crippen LogP contribution < -0.4 is 4.74 Å². The molecule has 0 spiro atoms. The molecule has 24 heavy (non-hydrogen) atoms. The molecule has 1 aliphatic heterocycles. The van der Waals surface area contributed by atoms with Crippen molar-refractivity contribution in [1.29, 1.82) is 0 Å². The van der Waals surface area contributed by atoms with Crippen molar-refractivity contribution in [3.8, 4) is 5.75 Å². The third-order valence-corrected chi connectivity index (χ3v) is 4.20. The Bertz CT molecular complexity index is 740. The predicted molar refractivity (Wildman–Crippen MR) is 86.7 cm³/mol. The first-order valence-corrected chi connectivity index (χ1v) is 7.93. The van der Waals surface area contributed by atoms with Gasteiger partial charge >= 0.3 is 5.97 Å². The molecule has 7 heteroatoms. The second-order valence-corrected chi connectivity index (χ2v) is 6.00. The standard InChI is InChI=1S/C17H16ClNO5/c18-12-3-5-14(6-4-12)23-10-13-2-1-7-19(13)16(20)15-8-11(9-24-15)17(21)22/h3-6,8-9,13H,1-2,7,10H2,(H,21,22)/t13-/m0/s1. The molecule has 1 amide bonds. The van der Waals surface area contributed by atoms with Crippen molar-refractivity contribution in [2.75, 3.05) is 13.2 Å². The molecule has 1 fully saturated rings. The maximum absolute atomic E-state index is 12.5. The van der Waals surface area contributed by atoms with E-state index in [0.29, 0.717) is 23.9 Å². The van der Waals surface area contributed by atoms with E-state index in [1.54, 1.807) is 29.2 Å². The van der Waals surface area contributed by atoms with Crippen molar-refractivity contribution in [1.82, 2.24) is 4.90 Å². The van der Waals surface area contributed by atoms with Crippen LogP contribution in [0.2, 0.25) is 5.02 Å². The van der Waals surface area contributed by atoms with E-state index in [1.165, 1.54) is 6.07 Å². The fraction of sp³-hybridized carbons (Fsp3) is 0.294. The first-order chi connectivity index (χ1) is 11.5. The zero-order chi connectivity index (χ0) is 17.1. The average molecular weight is 350 g/mol. The Hall–Kier alpha value is -2.47. The summed E-state index contributed by atoms with van der Waals surface area (Å²) in [5.74, 6) is -0.720. The summed E-state index contributed by atoms with van der Waals surface area (Å²) in [6.45, 7) is 0.955. The van der Waals surface area contributed by atoms with Gasteiger partial charge in [0.25, 0.3) is 5.91 Å². The van der Waals surface area contributed by atoms with Crippen LogP contribution in [0.25, 0.3) is 0 Å². The molecule has 1 aromatic carbocycles. The van der Waals surface area contributed by atoms with E-state index in [2.05, 4.69) is 0 Å². The van der Waals surface area contributed by atoms with Gasteiger partial charge in [-0.25, -0.2) is 4.79 Å². The van der Waals surface area contributed by atoms with Crippen LogP contribution in [0, 0.1) is 0 Å². The van der Waals surface area contributed by atoms with Crippen LogP contribution in [0.4, 0.5) is 0 Å². The molecule has 1 aliphatic rings. The van der Waals surface area contributed by atoms with Gasteiger partial charge in [-0.15, -0.1) is 0 Å². The topological polar surface area (TPSA) is 80.0 Å². The zero-order valence-electron chi connectivity index (χ0n) is 12.8. The Labute approximate surface area is 143 Å². The van der Waals surface area contributed by atoms with Crippen LogP contribution >= 0.6 is 11.6 Å². The van der Waals surface area contributed by atoms with Gasteiger partial charge in [0.2, 0.25) is 0 Å². The largest absolute Gasteiger partial charge is 0.491 e. The summed E-state index contributed by atoms with van der Waals surface area (Å²) in [4.78, 5) is 25.1. The van der Waals surface area contributed by atoms with Gasteiger partial charge in [0.15, 0.2) is 5.76 Å². The highest BCUT2D eigenvalue weighted by molar-refractivity contribution is 6.30. The Morgan fingerprint density at radius 2 is 2.08 bits per heavy atom. The number of furan rings is 1. The zero-order valence-corrected chi connectivity index (χ0v) is 13.5. The number of hydrogen-bond acceptors (Lipinski definition) is 4. The lowest BCUT2D eigenvalue weighted by molar-refractivity contribution is 0.0658. The number of amides is 1. The normalized spacial score (nSPS) is 17.0. The van der Waals surface area contributed by atoms with E-state index < -0.39 is 5.97 Å². The Morgan fingerprint density at radius 1 is 1.33 bits per heavy atom. The molecule has 0 unspecified atom stereocenters. The molecule has 3 rings (SSSR count). The van der Waals surface area contributed by atoms with Crippen LogP contribution in [0.1, 0.15) is 33.8 Å². The molecule has 126 valence electrons. The van der Waals surface area contributed by atoms with Gasteiger partial charge in [-0.05, 0) is 37.1 Å². The SMILES string of the molecule is O=C(O)c1coc(C(=O)N2CCC[C@H]2COc2ccc(Cl)cc2)c1. The van der Waals surface area contributed by atoms with Crippen molar-refractivity contribution in [2.45, 2.75) is 18.9 Å². The molecule has 0 saturated carbocycles. The summed E-state index contributed by atoms with van der Waals surface area (Å²) in [7, 11) is 0. The number of aromatic carboxylic acids is 1. The Kier molecular flexibility index (Phi) is 4.76. The van der Waals surface area contributed by atoms with Gasteiger partial charge in [0, 0.05) is 17.6 Å². The molecule has 1 atom stereocenters. The first-order valence-electron chi connectivity index (χ1n) is 7.56. The quantitative estimate of drug-likeness (QED) is 0.895. The monoisotopic (exact) mass is 349 g/mol. The number of halogens is 1. The van der Waals surface area contributed by atoms with E-state index in [9.17, 15) is 9.59 Å². The van der Waals surface area contributed by atoms with Gasteiger partial charge in [-0.2, -0.15) is 0 Å². The summed E-state index contributed by atoms with van der Waals surface area (Å²) in [6.07, 6.45) is 2.77. The minimum atomic E-state index is -1.12. The number of ether oxygens (including phenoxy) is 1. The average Bonchev–Trinajstić information content (AvgIpc) is 3.23. The van der Waals surface area contributed by atoms with Gasteiger partial charge in [0.05, 0.1) is 11.6 Å². The third-order valence-electron chi connectivity index (χ3n) is 3.95. The van der Waals surface area contributed by atoms with Crippen LogP contribution in [0.3, 0.4) is 0 Å². The number of carboxylic acids is 1. The molecule has 1 aromatic heterocycles. The number of nitrogens with zero attached hydrogens (tertiary/aromatic N) is 1. The number of hydrogen-bond donors (Lipinski definition) is 1. The first kappa shape index (κ1) is 16.4. The fourth-order valence-corrected chi connectivity index (χ4v) is 2.83. The van der Waals surface area contributed by atoms with E-state index in [4.69, 9.17) is 25.9 Å². The molecule has 2 heterocycles. The van der Waals surface area contributed by atoms with Crippen molar-refractivity contribution in [2.24, 2.45) is 0 Å². The molecule has 1 N–H and O–H groups in total. The Morgan fingerprint density at radius 3 is 2.75 bits per heavy atom. The molecule has 6 nitrogen and oxygen atoms in total. The van der Waals surface area contributed by atoms with Crippen molar-refractivity contribution in [3.63, 3.8) is 0 Å². The highest BCUT2D eigenvalue weighted by atomic mass is 35.5. The van der Waals surface area contributed by atoms with Crippen LogP contribution in [0.5, 0.6) is 5.75 Å². The molecule has 0 aliphatic carbocycles. The summed E-state index contributed by atoms with van der Waals surface area (Å²) in [6, 6.07) is 8.20. The van der Waals surface area contributed by atoms with Crippen molar-refractivity contribution in [3.05, 3.63) is 52.9 Å². The maximum atomic E-state index is 12.5. The molecular weight excluding hydrogens is 334 g/mol. The summed E-state index contributed by atoms with van der Waals surface area (Å²) in [5, 5.41) is 9.54. The summed E-state index contributed by atoms with van der Waals surface area (Å²) in [5.41, 5.74) is -0.0356. The van der Waals surface area contributed by atoms with Gasteiger partial charge < -0.3 is 19.2 Å². The lowest BCUT2D eigenvalue weighted by Gasteiger charge is -2.23. The number of carbonyl (C=O) groups is 2. The molecule has 1 saturated heterocycles. The minimum absolute atomic E-state index is 0.0331. The van der Waals surface area contributed by atoms with E-state index >= 15 is 0 Å². The van der Waals surface area contributed by atoms with Gasteiger partial charge in [-0.3, -0.25) is 4.79 Å². The number of carbonyl (C=O) groups excluding carboxylic acids is 1. The third kappa shape index (κ3) is 3.54. The fourth-order valence-electron chi connectivity index (χ4n) is 2.70. The highest BCUT2D eigenvalue weighted by Crippen LogP contribution is 2.23. The smallest absolute Gasteiger partial charge is 0.338 e. The van der Waals surface area contributed by atoms with E-state index in [1.807, 2.05) is 0 Å². The van der Waals surface area contributed by atoms with Crippen LogP contribution in [-0.2, 0) is 0 Å². The minimum Gasteiger partial charge on any atom is -0.491 e. The van der Waals surface area contributed by atoms with Gasteiger partial charge in [0.1, 0.15) is 18.6 Å². The van der Waals surface area contributed by atoms with Crippen LogP contribution in [0.15, 0.2) is 41.0 Å². The van der Waals surface area contributed by atoms with E-state index in [-0.39, 0.29) is 23.3 Å². The molecule has 0 bridgehead atoms. The second-order valence-electron chi connectivity index (χ2n) is 5.56.